The molecule has 0 radical (unpaired) electrons. The van der Waals surface area contributed by atoms with Gasteiger partial charge in [0.1, 0.15) is 0 Å². The maximum atomic E-state index is 9.13. The van der Waals surface area contributed by atoms with Gasteiger partial charge in [0.15, 0.2) is 0 Å². The molecule has 13 heavy (non-hydrogen) atoms. The van der Waals surface area contributed by atoms with Crippen LogP contribution in [-0.2, 0) is 6.42 Å². The van der Waals surface area contributed by atoms with E-state index in [1.807, 2.05) is 32.0 Å². The van der Waals surface area contributed by atoms with E-state index in [4.69, 9.17) is 16.7 Å². The summed E-state index contributed by atoms with van der Waals surface area (Å²) in [7, 11) is 0. The van der Waals surface area contributed by atoms with Crippen molar-refractivity contribution in [3.05, 3.63) is 34.3 Å². The second kappa shape index (κ2) is 4.64. The van der Waals surface area contributed by atoms with E-state index >= 15 is 0 Å². The number of aryl methyl sites for hydroxylation is 2. The summed E-state index contributed by atoms with van der Waals surface area (Å²) in [5.41, 5.74) is 2.47. The highest BCUT2D eigenvalue weighted by atomic mass is 35.5. The van der Waals surface area contributed by atoms with Gasteiger partial charge in [-0.3, -0.25) is 0 Å². The van der Waals surface area contributed by atoms with E-state index in [-0.39, 0.29) is 6.10 Å². The Hall–Kier alpha value is -0.530. The molecule has 1 nitrogen and oxygen atoms in total. The molecule has 0 heterocycles. The third-order valence-corrected chi connectivity index (χ3v) is 2.37. The van der Waals surface area contributed by atoms with Crippen LogP contribution in [0.4, 0.5) is 0 Å². The van der Waals surface area contributed by atoms with Gasteiger partial charge < -0.3 is 5.11 Å². The zero-order valence-corrected chi connectivity index (χ0v) is 8.80. The molecule has 2 heteroatoms. The van der Waals surface area contributed by atoms with E-state index in [0.29, 0.717) is 0 Å². The number of aliphatic hydroxyl groups excluding tert-OH is 1. The Morgan fingerprint density at radius 3 is 2.69 bits per heavy atom. The molecule has 1 aromatic rings. The van der Waals surface area contributed by atoms with Crippen LogP contribution in [0.15, 0.2) is 18.2 Å². The van der Waals surface area contributed by atoms with Crippen LogP contribution >= 0.6 is 11.6 Å². The average Bonchev–Trinajstić information content (AvgIpc) is 2.02. The fourth-order valence-corrected chi connectivity index (χ4v) is 1.53. The Morgan fingerprint density at radius 1 is 1.46 bits per heavy atom. The first-order valence-corrected chi connectivity index (χ1v) is 4.90. The summed E-state index contributed by atoms with van der Waals surface area (Å²) in [5, 5.41) is 9.91. The molecular weight excluding hydrogens is 184 g/mol. The predicted molar refractivity (Wildman–Crippen MR) is 56.2 cm³/mol. The van der Waals surface area contributed by atoms with Gasteiger partial charge in [0, 0.05) is 5.02 Å². The fraction of sp³-hybridized carbons (Fsp3) is 0.455. The van der Waals surface area contributed by atoms with Crippen LogP contribution < -0.4 is 0 Å². The van der Waals surface area contributed by atoms with Gasteiger partial charge >= 0.3 is 0 Å². The normalized spacial score (nSPS) is 12.9. The molecule has 0 bridgehead atoms. The molecule has 0 aromatic heterocycles. The molecule has 0 aliphatic heterocycles. The van der Waals surface area contributed by atoms with Crippen LogP contribution in [0.3, 0.4) is 0 Å². The van der Waals surface area contributed by atoms with Crippen molar-refractivity contribution in [1.82, 2.24) is 0 Å². The Morgan fingerprint density at radius 2 is 2.15 bits per heavy atom. The van der Waals surface area contributed by atoms with Crippen molar-refractivity contribution >= 4 is 11.6 Å². The van der Waals surface area contributed by atoms with E-state index in [1.165, 1.54) is 11.1 Å². The van der Waals surface area contributed by atoms with Crippen LogP contribution in [0, 0.1) is 6.92 Å². The molecule has 0 aliphatic rings. The second-order valence-corrected chi connectivity index (χ2v) is 3.89. The summed E-state index contributed by atoms with van der Waals surface area (Å²) < 4.78 is 0. The number of hydrogen-bond acceptors (Lipinski definition) is 1. The topological polar surface area (TPSA) is 20.2 Å². The molecular formula is C11H15ClO. The van der Waals surface area contributed by atoms with Crippen molar-refractivity contribution in [2.24, 2.45) is 0 Å². The number of aliphatic hydroxyl groups is 1. The number of rotatable bonds is 3. The molecule has 0 aliphatic carbocycles. The average molecular weight is 199 g/mol. The molecule has 0 saturated carbocycles. The predicted octanol–water partition coefficient (Wildman–Crippen LogP) is 2.96. The molecule has 1 N–H and O–H groups in total. The van der Waals surface area contributed by atoms with Crippen LogP contribution in [0.2, 0.25) is 5.02 Å². The van der Waals surface area contributed by atoms with Crippen LogP contribution in [0.1, 0.15) is 24.5 Å². The molecule has 1 aromatic carbocycles. The SMILES string of the molecule is Cc1cc(Cl)ccc1CCC(C)O. The van der Waals surface area contributed by atoms with Crippen molar-refractivity contribution in [2.75, 3.05) is 0 Å². The highest BCUT2D eigenvalue weighted by molar-refractivity contribution is 6.30. The molecule has 72 valence electrons. The van der Waals surface area contributed by atoms with Gasteiger partial charge in [0.25, 0.3) is 0 Å². The molecule has 1 rings (SSSR count). The van der Waals surface area contributed by atoms with E-state index < -0.39 is 0 Å². The minimum atomic E-state index is -0.227. The number of hydrogen-bond donors (Lipinski definition) is 1. The minimum absolute atomic E-state index is 0.227. The summed E-state index contributed by atoms with van der Waals surface area (Å²) in [6, 6.07) is 5.88. The summed E-state index contributed by atoms with van der Waals surface area (Å²) >= 11 is 5.83. The highest BCUT2D eigenvalue weighted by Gasteiger charge is 2.01. The lowest BCUT2D eigenvalue weighted by molar-refractivity contribution is 0.185. The molecule has 0 amide bonds. The van der Waals surface area contributed by atoms with E-state index in [2.05, 4.69) is 0 Å². The molecule has 0 spiro atoms. The van der Waals surface area contributed by atoms with Gasteiger partial charge in [-0.1, -0.05) is 17.7 Å². The van der Waals surface area contributed by atoms with Crippen LogP contribution in [-0.4, -0.2) is 11.2 Å². The Kier molecular flexibility index (Phi) is 3.76. The first-order chi connectivity index (χ1) is 6.09. The van der Waals surface area contributed by atoms with Crippen LogP contribution in [0.25, 0.3) is 0 Å². The monoisotopic (exact) mass is 198 g/mol. The van der Waals surface area contributed by atoms with E-state index in [9.17, 15) is 0 Å². The lowest BCUT2D eigenvalue weighted by Crippen LogP contribution is -2.02. The third kappa shape index (κ3) is 3.37. The molecule has 0 fully saturated rings. The second-order valence-electron chi connectivity index (χ2n) is 3.46. The Balaban J connectivity index is 2.67. The van der Waals surface area contributed by atoms with Gasteiger partial charge in [-0.15, -0.1) is 0 Å². The molecule has 0 saturated heterocycles. The lowest BCUT2D eigenvalue weighted by Gasteiger charge is -2.07. The zero-order valence-electron chi connectivity index (χ0n) is 8.05. The van der Waals surface area contributed by atoms with Gasteiger partial charge in [0.05, 0.1) is 6.10 Å². The van der Waals surface area contributed by atoms with E-state index in [1.54, 1.807) is 0 Å². The standard InChI is InChI=1S/C11H15ClO/c1-8-7-11(12)6-5-10(8)4-3-9(2)13/h5-7,9,13H,3-4H2,1-2H3. The van der Waals surface area contributed by atoms with Gasteiger partial charge in [0.2, 0.25) is 0 Å². The van der Waals surface area contributed by atoms with Crippen molar-refractivity contribution in [2.45, 2.75) is 32.8 Å². The largest absolute Gasteiger partial charge is 0.393 e. The van der Waals surface area contributed by atoms with Gasteiger partial charge in [-0.25, -0.2) is 0 Å². The maximum absolute atomic E-state index is 9.13. The van der Waals surface area contributed by atoms with Crippen molar-refractivity contribution in [3.63, 3.8) is 0 Å². The first kappa shape index (κ1) is 10.6. The summed E-state index contributed by atoms with van der Waals surface area (Å²) in [6.45, 7) is 3.86. The van der Waals surface area contributed by atoms with Crippen molar-refractivity contribution in [3.8, 4) is 0 Å². The first-order valence-electron chi connectivity index (χ1n) is 4.52. The third-order valence-electron chi connectivity index (χ3n) is 2.14. The maximum Gasteiger partial charge on any atom is 0.0515 e. The quantitative estimate of drug-likeness (QED) is 0.792. The molecule has 1 atom stereocenters. The van der Waals surface area contributed by atoms with Crippen molar-refractivity contribution in [1.29, 1.82) is 0 Å². The smallest absolute Gasteiger partial charge is 0.0515 e. The fourth-order valence-electron chi connectivity index (χ4n) is 1.30. The summed E-state index contributed by atoms with van der Waals surface area (Å²) in [5.74, 6) is 0. The van der Waals surface area contributed by atoms with Gasteiger partial charge in [-0.2, -0.15) is 0 Å². The minimum Gasteiger partial charge on any atom is -0.393 e. The Bertz CT molecular complexity index is 281. The van der Waals surface area contributed by atoms with Crippen molar-refractivity contribution < 1.29 is 5.11 Å². The molecule has 1 unspecified atom stereocenters. The van der Waals surface area contributed by atoms with Gasteiger partial charge in [-0.05, 0) is 49.9 Å². The zero-order chi connectivity index (χ0) is 9.84. The van der Waals surface area contributed by atoms with Crippen LogP contribution in [0.5, 0.6) is 0 Å². The summed E-state index contributed by atoms with van der Waals surface area (Å²) in [4.78, 5) is 0. The number of halogens is 1. The summed E-state index contributed by atoms with van der Waals surface area (Å²) in [6.07, 6.45) is 1.50. The highest BCUT2D eigenvalue weighted by Crippen LogP contribution is 2.16. The Labute approximate surface area is 84.4 Å². The number of benzene rings is 1. The lowest BCUT2D eigenvalue weighted by atomic mass is 10.0. The van der Waals surface area contributed by atoms with E-state index in [0.717, 1.165) is 17.9 Å².